The molecule has 1 aliphatic rings. The van der Waals surface area contributed by atoms with Crippen molar-refractivity contribution in [1.82, 2.24) is 10.6 Å². The molecule has 0 spiro atoms. The molecular formula is C22H26N2O. The second-order valence-electron chi connectivity index (χ2n) is 7.48. The highest BCUT2D eigenvalue weighted by Gasteiger charge is 2.33. The SMILES string of the molecule is CC1(C)CC(NCc2ccccc2)=C(C(=O)NCc2ccccc2)C1. The monoisotopic (exact) mass is 334 g/mol. The first-order valence-corrected chi connectivity index (χ1v) is 8.85. The minimum Gasteiger partial charge on any atom is -0.384 e. The largest absolute Gasteiger partial charge is 0.384 e. The first kappa shape index (κ1) is 17.3. The van der Waals surface area contributed by atoms with Crippen LogP contribution >= 0.6 is 0 Å². The highest BCUT2D eigenvalue weighted by Crippen LogP contribution is 2.40. The zero-order chi connectivity index (χ0) is 17.7. The lowest BCUT2D eigenvalue weighted by atomic mass is 9.89. The second-order valence-corrected chi connectivity index (χ2v) is 7.48. The molecular weight excluding hydrogens is 308 g/mol. The van der Waals surface area contributed by atoms with Crippen LogP contribution in [-0.2, 0) is 17.9 Å². The summed E-state index contributed by atoms with van der Waals surface area (Å²) >= 11 is 0. The summed E-state index contributed by atoms with van der Waals surface area (Å²) in [6.07, 6.45) is 1.72. The molecule has 3 nitrogen and oxygen atoms in total. The molecule has 0 saturated heterocycles. The van der Waals surface area contributed by atoms with Crippen LogP contribution in [0, 0.1) is 5.41 Å². The number of rotatable bonds is 6. The van der Waals surface area contributed by atoms with Gasteiger partial charge in [-0.05, 0) is 29.4 Å². The lowest BCUT2D eigenvalue weighted by Crippen LogP contribution is -2.26. The van der Waals surface area contributed by atoms with E-state index in [0.717, 1.165) is 36.2 Å². The number of carbonyl (C=O) groups excluding carboxylic acids is 1. The van der Waals surface area contributed by atoms with Crippen LogP contribution in [0.2, 0.25) is 0 Å². The van der Waals surface area contributed by atoms with Gasteiger partial charge in [-0.25, -0.2) is 0 Å². The summed E-state index contributed by atoms with van der Waals surface area (Å²) in [6, 6.07) is 20.3. The van der Waals surface area contributed by atoms with Crippen LogP contribution in [0.3, 0.4) is 0 Å². The zero-order valence-corrected chi connectivity index (χ0v) is 15.0. The quantitative estimate of drug-likeness (QED) is 0.832. The molecule has 3 heteroatoms. The summed E-state index contributed by atoms with van der Waals surface area (Å²) in [6.45, 7) is 5.75. The van der Waals surface area contributed by atoms with E-state index in [0.29, 0.717) is 6.54 Å². The van der Waals surface area contributed by atoms with Crippen molar-refractivity contribution in [2.24, 2.45) is 5.41 Å². The van der Waals surface area contributed by atoms with E-state index in [-0.39, 0.29) is 11.3 Å². The van der Waals surface area contributed by atoms with Crippen molar-refractivity contribution in [1.29, 1.82) is 0 Å². The molecule has 1 amide bonds. The number of allylic oxidation sites excluding steroid dienone is 1. The van der Waals surface area contributed by atoms with E-state index in [4.69, 9.17) is 0 Å². The Morgan fingerprint density at radius 2 is 1.44 bits per heavy atom. The van der Waals surface area contributed by atoms with Crippen molar-refractivity contribution in [2.45, 2.75) is 39.8 Å². The summed E-state index contributed by atoms with van der Waals surface area (Å²) < 4.78 is 0. The van der Waals surface area contributed by atoms with Crippen LogP contribution in [0.4, 0.5) is 0 Å². The third-order valence-corrected chi connectivity index (χ3v) is 4.59. The smallest absolute Gasteiger partial charge is 0.249 e. The predicted octanol–water partition coefficient (Wildman–Crippen LogP) is 4.17. The van der Waals surface area contributed by atoms with Gasteiger partial charge >= 0.3 is 0 Å². The Morgan fingerprint density at radius 3 is 2.04 bits per heavy atom. The average molecular weight is 334 g/mol. The number of amides is 1. The summed E-state index contributed by atoms with van der Waals surface area (Å²) in [5, 5.41) is 6.57. The molecule has 0 bridgehead atoms. The van der Waals surface area contributed by atoms with Crippen molar-refractivity contribution in [3.8, 4) is 0 Å². The van der Waals surface area contributed by atoms with Crippen LogP contribution in [0.1, 0.15) is 37.8 Å². The third-order valence-electron chi connectivity index (χ3n) is 4.59. The Balaban J connectivity index is 1.67. The Morgan fingerprint density at radius 1 is 0.880 bits per heavy atom. The normalized spacial score (nSPS) is 15.9. The van der Waals surface area contributed by atoms with E-state index in [1.165, 1.54) is 5.56 Å². The van der Waals surface area contributed by atoms with Gasteiger partial charge in [0.25, 0.3) is 0 Å². The molecule has 2 aromatic carbocycles. The first-order chi connectivity index (χ1) is 12.0. The van der Waals surface area contributed by atoms with Gasteiger partial charge in [0.15, 0.2) is 0 Å². The van der Waals surface area contributed by atoms with Gasteiger partial charge in [-0.1, -0.05) is 74.5 Å². The Kier molecular flexibility index (Phi) is 5.22. The summed E-state index contributed by atoms with van der Waals surface area (Å²) in [5.41, 5.74) is 4.45. The van der Waals surface area contributed by atoms with Crippen LogP contribution in [0.25, 0.3) is 0 Å². The van der Waals surface area contributed by atoms with Gasteiger partial charge in [-0.2, -0.15) is 0 Å². The fraction of sp³-hybridized carbons (Fsp3) is 0.318. The van der Waals surface area contributed by atoms with Gasteiger partial charge in [0.05, 0.1) is 0 Å². The minimum atomic E-state index is 0.0463. The Labute approximate surface area is 150 Å². The molecule has 0 aromatic heterocycles. The lowest BCUT2D eigenvalue weighted by molar-refractivity contribution is -0.117. The molecule has 0 radical (unpaired) electrons. The maximum absolute atomic E-state index is 12.7. The molecule has 130 valence electrons. The van der Waals surface area contributed by atoms with E-state index < -0.39 is 0 Å². The van der Waals surface area contributed by atoms with Gasteiger partial charge in [0.1, 0.15) is 0 Å². The van der Waals surface area contributed by atoms with Crippen molar-refractivity contribution in [3.63, 3.8) is 0 Å². The average Bonchev–Trinajstić information content (AvgIpc) is 2.94. The minimum absolute atomic E-state index is 0.0463. The molecule has 25 heavy (non-hydrogen) atoms. The molecule has 0 heterocycles. The summed E-state index contributed by atoms with van der Waals surface area (Å²) in [4.78, 5) is 12.7. The maximum Gasteiger partial charge on any atom is 0.249 e. The molecule has 0 fully saturated rings. The number of hydrogen-bond acceptors (Lipinski definition) is 2. The van der Waals surface area contributed by atoms with Crippen LogP contribution < -0.4 is 10.6 Å². The molecule has 2 N–H and O–H groups in total. The fourth-order valence-corrected chi connectivity index (χ4v) is 3.31. The van der Waals surface area contributed by atoms with Crippen LogP contribution in [0.5, 0.6) is 0 Å². The molecule has 0 atom stereocenters. The molecule has 0 saturated carbocycles. The number of nitrogens with one attached hydrogen (secondary N) is 2. The number of carbonyl (C=O) groups is 1. The van der Waals surface area contributed by atoms with E-state index in [1.807, 2.05) is 48.5 Å². The lowest BCUT2D eigenvalue weighted by Gasteiger charge is -2.17. The molecule has 3 rings (SSSR count). The molecule has 0 aliphatic heterocycles. The van der Waals surface area contributed by atoms with Gasteiger partial charge in [0.2, 0.25) is 5.91 Å². The molecule has 0 unspecified atom stereocenters. The van der Waals surface area contributed by atoms with Crippen molar-refractivity contribution in [3.05, 3.63) is 83.1 Å². The maximum atomic E-state index is 12.7. The van der Waals surface area contributed by atoms with Crippen molar-refractivity contribution < 1.29 is 4.79 Å². The van der Waals surface area contributed by atoms with Crippen LogP contribution in [-0.4, -0.2) is 5.91 Å². The van der Waals surface area contributed by atoms with E-state index in [2.05, 4.69) is 36.6 Å². The van der Waals surface area contributed by atoms with Gasteiger partial charge in [-0.3, -0.25) is 4.79 Å². The number of benzene rings is 2. The van der Waals surface area contributed by atoms with Crippen molar-refractivity contribution >= 4 is 5.91 Å². The Hall–Kier alpha value is -2.55. The van der Waals surface area contributed by atoms with E-state index in [1.54, 1.807) is 0 Å². The Bertz CT molecular complexity index is 748. The molecule has 2 aromatic rings. The summed E-state index contributed by atoms with van der Waals surface area (Å²) in [7, 11) is 0. The van der Waals surface area contributed by atoms with Crippen molar-refractivity contribution in [2.75, 3.05) is 0 Å². The van der Waals surface area contributed by atoms with Gasteiger partial charge < -0.3 is 10.6 Å². The number of hydrogen-bond donors (Lipinski definition) is 2. The highest BCUT2D eigenvalue weighted by atomic mass is 16.1. The summed E-state index contributed by atoms with van der Waals surface area (Å²) in [5.74, 6) is 0.0463. The first-order valence-electron chi connectivity index (χ1n) is 8.85. The van der Waals surface area contributed by atoms with Gasteiger partial charge in [0, 0.05) is 24.4 Å². The fourth-order valence-electron chi connectivity index (χ4n) is 3.31. The highest BCUT2D eigenvalue weighted by molar-refractivity contribution is 5.94. The topological polar surface area (TPSA) is 41.1 Å². The van der Waals surface area contributed by atoms with E-state index >= 15 is 0 Å². The molecule has 1 aliphatic carbocycles. The van der Waals surface area contributed by atoms with E-state index in [9.17, 15) is 4.79 Å². The standard InChI is InChI=1S/C22H26N2O/c1-22(2)13-19(21(25)24-16-18-11-7-4-8-12-18)20(14-22)23-15-17-9-5-3-6-10-17/h3-12,23H,13-16H2,1-2H3,(H,24,25). The van der Waals surface area contributed by atoms with Gasteiger partial charge in [-0.15, -0.1) is 0 Å². The predicted molar refractivity (Wildman–Crippen MR) is 102 cm³/mol. The third kappa shape index (κ3) is 4.72. The van der Waals surface area contributed by atoms with Crippen LogP contribution in [0.15, 0.2) is 71.9 Å². The second kappa shape index (κ2) is 7.56. The zero-order valence-electron chi connectivity index (χ0n) is 15.0.